The number of nitrogens with zero attached hydrogens (tertiary/aromatic N) is 1. The number of nitrogens with one attached hydrogen (secondary N) is 1. The van der Waals surface area contributed by atoms with Crippen molar-refractivity contribution < 1.29 is 4.74 Å². The van der Waals surface area contributed by atoms with Gasteiger partial charge in [0.05, 0.1) is 12.8 Å². The van der Waals surface area contributed by atoms with Gasteiger partial charge in [-0.25, -0.2) is 0 Å². The minimum absolute atomic E-state index is 0.446. The Morgan fingerprint density at radius 1 is 1.41 bits per heavy atom. The Hall–Kier alpha value is -1.09. The van der Waals surface area contributed by atoms with Crippen molar-refractivity contribution in [3.63, 3.8) is 0 Å². The molecule has 2 rings (SSSR count). The molecule has 0 spiro atoms. The lowest BCUT2D eigenvalue weighted by Crippen LogP contribution is -2.32. The molecule has 1 N–H and O–H groups in total. The second-order valence-corrected chi connectivity index (χ2v) is 4.61. The molecule has 0 saturated heterocycles. The van der Waals surface area contributed by atoms with Crippen molar-refractivity contribution in [2.45, 2.75) is 39.2 Å². The molecule has 1 unspecified atom stereocenters. The third kappa shape index (κ3) is 2.97. The highest BCUT2D eigenvalue weighted by Gasteiger charge is 2.28. The van der Waals surface area contributed by atoms with Crippen LogP contribution in [-0.2, 0) is 0 Å². The first-order valence-corrected chi connectivity index (χ1v) is 6.66. The van der Waals surface area contributed by atoms with Gasteiger partial charge in [0.25, 0.3) is 0 Å². The molecular formula is C14H22N2O. The first-order chi connectivity index (χ1) is 8.35. The molecule has 0 aromatic carbocycles. The summed E-state index contributed by atoms with van der Waals surface area (Å²) >= 11 is 0. The molecule has 1 aromatic heterocycles. The highest BCUT2D eigenvalue weighted by molar-refractivity contribution is 5.26. The Labute approximate surface area is 104 Å². The summed E-state index contributed by atoms with van der Waals surface area (Å²) in [6, 6.07) is 2.57. The summed E-state index contributed by atoms with van der Waals surface area (Å²) in [7, 11) is 0. The highest BCUT2D eigenvalue weighted by atomic mass is 16.5. The Kier molecular flexibility index (Phi) is 4.37. The molecule has 0 aliphatic heterocycles. The van der Waals surface area contributed by atoms with Crippen molar-refractivity contribution in [2.24, 2.45) is 5.92 Å². The van der Waals surface area contributed by atoms with E-state index in [4.69, 9.17) is 4.74 Å². The average Bonchev–Trinajstić information content (AvgIpc) is 2.27. The summed E-state index contributed by atoms with van der Waals surface area (Å²) in [5.41, 5.74) is 1.27. The molecule has 3 heteroatoms. The maximum absolute atomic E-state index is 5.52. The SMILES string of the molecule is CCNC(c1cncc(OCC)c1)C1CCC1. The molecule has 0 amide bonds. The number of ether oxygens (including phenoxy) is 1. The molecule has 1 fully saturated rings. The molecule has 1 aliphatic carbocycles. The minimum atomic E-state index is 0.446. The van der Waals surface area contributed by atoms with Crippen LogP contribution in [0.4, 0.5) is 0 Å². The molecule has 1 atom stereocenters. The van der Waals surface area contributed by atoms with Crippen LogP contribution in [0.2, 0.25) is 0 Å². The lowest BCUT2D eigenvalue weighted by molar-refractivity contribution is 0.232. The molecule has 1 heterocycles. The van der Waals surface area contributed by atoms with Crippen LogP contribution in [0, 0.1) is 5.92 Å². The van der Waals surface area contributed by atoms with Crippen molar-refractivity contribution >= 4 is 0 Å². The summed E-state index contributed by atoms with van der Waals surface area (Å²) in [5.74, 6) is 1.65. The second-order valence-electron chi connectivity index (χ2n) is 4.61. The molecule has 3 nitrogen and oxygen atoms in total. The quantitative estimate of drug-likeness (QED) is 0.821. The van der Waals surface area contributed by atoms with E-state index in [1.807, 2.05) is 13.1 Å². The lowest BCUT2D eigenvalue weighted by Gasteiger charge is -2.34. The highest BCUT2D eigenvalue weighted by Crippen LogP contribution is 2.38. The molecule has 1 aliphatic rings. The van der Waals surface area contributed by atoms with Crippen molar-refractivity contribution in [2.75, 3.05) is 13.2 Å². The van der Waals surface area contributed by atoms with Crippen LogP contribution in [0.3, 0.4) is 0 Å². The van der Waals surface area contributed by atoms with Crippen LogP contribution < -0.4 is 10.1 Å². The van der Waals surface area contributed by atoms with Gasteiger partial charge in [0.15, 0.2) is 0 Å². The smallest absolute Gasteiger partial charge is 0.137 e. The standard InChI is InChI=1S/C14H22N2O/c1-3-16-14(11-6-5-7-11)12-8-13(17-4-2)10-15-9-12/h8-11,14,16H,3-7H2,1-2H3. The van der Waals surface area contributed by atoms with Gasteiger partial charge in [0.1, 0.15) is 5.75 Å². The first kappa shape index (κ1) is 12.4. The van der Waals surface area contributed by atoms with E-state index in [0.717, 1.165) is 18.2 Å². The van der Waals surface area contributed by atoms with E-state index in [-0.39, 0.29) is 0 Å². The second kappa shape index (κ2) is 6.01. The molecule has 0 bridgehead atoms. The fourth-order valence-electron chi connectivity index (χ4n) is 2.40. The van der Waals surface area contributed by atoms with Gasteiger partial charge >= 0.3 is 0 Å². The maximum atomic E-state index is 5.52. The molecule has 0 radical (unpaired) electrons. The largest absolute Gasteiger partial charge is 0.492 e. The fraction of sp³-hybridized carbons (Fsp3) is 0.643. The zero-order valence-electron chi connectivity index (χ0n) is 10.8. The minimum Gasteiger partial charge on any atom is -0.492 e. The topological polar surface area (TPSA) is 34.2 Å². The third-order valence-electron chi connectivity index (χ3n) is 3.45. The van der Waals surface area contributed by atoms with Crippen LogP contribution >= 0.6 is 0 Å². The van der Waals surface area contributed by atoms with E-state index in [1.54, 1.807) is 6.20 Å². The van der Waals surface area contributed by atoms with Crippen LogP contribution in [0.5, 0.6) is 5.75 Å². The summed E-state index contributed by atoms with van der Waals surface area (Å²) in [6.45, 7) is 5.85. The monoisotopic (exact) mass is 234 g/mol. The van der Waals surface area contributed by atoms with Crippen molar-refractivity contribution in [3.05, 3.63) is 24.0 Å². The van der Waals surface area contributed by atoms with Crippen molar-refractivity contribution in [1.29, 1.82) is 0 Å². The lowest BCUT2D eigenvalue weighted by atomic mass is 9.77. The number of rotatable bonds is 6. The van der Waals surface area contributed by atoms with E-state index >= 15 is 0 Å². The Morgan fingerprint density at radius 3 is 2.82 bits per heavy atom. The zero-order valence-corrected chi connectivity index (χ0v) is 10.8. The molecule has 1 saturated carbocycles. The third-order valence-corrected chi connectivity index (χ3v) is 3.45. The molecule has 94 valence electrons. The van der Waals surface area contributed by atoms with Crippen molar-refractivity contribution in [1.82, 2.24) is 10.3 Å². The Balaban J connectivity index is 2.13. The van der Waals surface area contributed by atoms with E-state index in [2.05, 4.69) is 23.3 Å². The van der Waals surface area contributed by atoms with Gasteiger partial charge in [-0.05, 0) is 43.9 Å². The van der Waals surface area contributed by atoms with E-state index in [0.29, 0.717) is 12.6 Å². The number of hydrogen-bond donors (Lipinski definition) is 1. The normalized spacial score (nSPS) is 17.5. The van der Waals surface area contributed by atoms with Crippen LogP contribution in [0.25, 0.3) is 0 Å². The molecular weight excluding hydrogens is 212 g/mol. The van der Waals surface area contributed by atoms with Gasteiger partial charge in [-0.1, -0.05) is 13.3 Å². The summed E-state index contributed by atoms with van der Waals surface area (Å²) in [5, 5.41) is 3.57. The van der Waals surface area contributed by atoms with Crippen LogP contribution in [-0.4, -0.2) is 18.1 Å². The van der Waals surface area contributed by atoms with Gasteiger partial charge in [-0.3, -0.25) is 4.98 Å². The van der Waals surface area contributed by atoms with Crippen LogP contribution in [0.15, 0.2) is 18.5 Å². The number of aromatic nitrogens is 1. The predicted octanol–water partition coefficient (Wildman–Crippen LogP) is 2.93. The fourth-order valence-corrected chi connectivity index (χ4v) is 2.40. The van der Waals surface area contributed by atoms with Gasteiger partial charge in [-0.15, -0.1) is 0 Å². The van der Waals surface area contributed by atoms with Gasteiger partial charge in [-0.2, -0.15) is 0 Å². The first-order valence-electron chi connectivity index (χ1n) is 6.66. The van der Waals surface area contributed by atoms with E-state index in [9.17, 15) is 0 Å². The maximum Gasteiger partial charge on any atom is 0.137 e. The zero-order chi connectivity index (χ0) is 12.1. The Morgan fingerprint density at radius 2 is 2.24 bits per heavy atom. The van der Waals surface area contributed by atoms with Gasteiger partial charge < -0.3 is 10.1 Å². The molecule has 1 aromatic rings. The number of pyridine rings is 1. The summed E-state index contributed by atoms with van der Waals surface area (Å²) in [6.07, 6.45) is 7.78. The average molecular weight is 234 g/mol. The Bertz CT molecular complexity index is 350. The summed E-state index contributed by atoms with van der Waals surface area (Å²) in [4.78, 5) is 4.28. The summed E-state index contributed by atoms with van der Waals surface area (Å²) < 4.78 is 5.52. The van der Waals surface area contributed by atoms with Crippen LogP contribution in [0.1, 0.15) is 44.7 Å². The predicted molar refractivity (Wildman–Crippen MR) is 69.2 cm³/mol. The molecule has 17 heavy (non-hydrogen) atoms. The van der Waals surface area contributed by atoms with E-state index in [1.165, 1.54) is 24.8 Å². The van der Waals surface area contributed by atoms with Gasteiger partial charge in [0, 0.05) is 12.2 Å². The van der Waals surface area contributed by atoms with Gasteiger partial charge in [0.2, 0.25) is 0 Å². The van der Waals surface area contributed by atoms with Crippen molar-refractivity contribution in [3.8, 4) is 5.75 Å². The number of hydrogen-bond acceptors (Lipinski definition) is 3. The van der Waals surface area contributed by atoms with E-state index < -0.39 is 0 Å².